The Bertz CT molecular complexity index is 865. The number of ether oxygens (including phenoxy) is 1. The molecule has 1 heterocycles. The van der Waals surface area contributed by atoms with E-state index in [1.807, 2.05) is 31.2 Å². The van der Waals surface area contributed by atoms with Crippen LogP contribution in [0.15, 0.2) is 48.5 Å². The Morgan fingerprint density at radius 1 is 1.13 bits per heavy atom. The fourth-order valence-corrected chi connectivity index (χ4v) is 3.73. The molecule has 1 amide bonds. The number of hydrogen-bond acceptors (Lipinski definition) is 3. The van der Waals surface area contributed by atoms with Crippen LogP contribution in [0.4, 0.5) is 24.5 Å². The Hall–Kier alpha value is -2.74. The van der Waals surface area contributed by atoms with Crippen molar-refractivity contribution in [1.82, 2.24) is 0 Å². The molecule has 0 unspecified atom stereocenters. The number of para-hydroxylation sites is 3. The van der Waals surface area contributed by atoms with Crippen molar-refractivity contribution in [3.8, 4) is 5.75 Å². The summed E-state index contributed by atoms with van der Waals surface area (Å²) < 4.78 is 45.2. The van der Waals surface area contributed by atoms with Gasteiger partial charge >= 0.3 is 6.18 Å². The van der Waals surface area contributed by atoms with Gasteiger partial charge < -0.3 is 19.9 Å². The van der Waals surface area contributed by atoms with E-state index < -0.39 is 23.7 Å². The molecule has 2 aromatic carbocycles. The van der Waals surface area contributed by atoms with Gasteiger partial charge in [-0.15, -0.1) is 0 Å². The quantitative estimate of drug-likeness (QED) is 0.753. The van der Waals surface area contributed by atoms with Gasteiger partial charge in [-0.1, -0.05) is 24.3 Å². The van der Waals surface area contributed by atoms with Gasteiger partial charge in [-0.05, 0) is 38.1 Å². The highest BCUT2D eigenvalue weighted by atomic mass is 19.4. The first-order valence-corrected chi connectivity index (χ1v) is 10.1. The summed E-state index contributed by atoms with van der Waals surface area (Å²) in [6.45, 7) is 7.15. The van der Waals surface area contributed by atoms with E-state index in [2.05, 4.69) is 10.2 Å². The number of anilines is 2. The molecule has 1 aliphatic rings. The first-order chi connectivity index (χ1) is 14.3. The molecule has 2 N–H and O–H groups in total. The number of rotatable bonds is 6. The first kappa shape index (κ1) is 22.0. The number of quaternary nitrogens is 1. The molecular weight excluding hydrogens is 395 g/mol. The fraction of sp³-hybridized carbons (Fsp3) is 0.409. The van der Waals surface area contributed by atoms with Crippen LogP contribution in [0.25, 0.3) is 0 Å². The molecule has 162 valence electrons. The van der Waals surface area contributed by atoms with Crippen molar-refractivity contribution in [2.45, 2.75) is 26.1 Å². The van der Waals surface area contributed by atoms with Crippen LogP contribution >= 0.6 is 0 Å². The molecular formula is C22H27F3N3O2+. The largest absolute Gasteiger partial charge is 0.492 e. The number of alkyl halides is 3. The number of nitrogens with zero attached hydrogens (tertiary/aromatic N) is 1. The number of nitrogens with one attached hydrogen (secondary N) is 2. The lowest BCUT2D eigenvalue weighted by Gasteiger charge is -2.36. The minimum absolute atomic E-state index is 0.203. The van der Waals surface area contributed by atoms with Crippen molar-refractivity contribution in [1.29, 1.82) is 0 Å². The van der Waals surface area contributed by atoms with Crippen LogP contribution in [0.3, 0.4) is 0 Å². The number of benzene rings is 2. The third-order valence-corrected chi connectivity index (χ3v) is 5.41. The van der Waals surface area contributed by atoms with Crippen LogP contribution in [0.2, 0.25) is 0 Å². The summed E-state index contributed by atoms with van der Waals surface area (Å²) in [5.74, 6) is 0.419. The predicted molar refractivity (Wildman–Crippen MR) is 110 cm³/mol. The van der Waals surface area contributed by atoms with Gasteiger partial charge in [0, 0.05) is 0 Å². The molecule has 2 aromatic rings. The lowest BCUT2D eigenvalue weighted by molar-refractivity contribution is -0.914. The maximum atomic E-state index is 13.2. The van der Waals surface area contributed by atoms with Crippen molar-refractivity contribution in [2.24, 2.45) is 0 Å². The molecule has 0 bridgehead atoms. The van der Waals surface area contributed by atoms with Gasteiger partial charge in [0.15, 0.2) is 6.04 Å². The van der Waals surface area contributed by atoms with Crippen molar-refractivity contribution >= 4 is 17.3 Å². The summed E-state index contributed by atoms with van der Waals surface area (Å²) in [5, 5.41) is 2.47. The Labute approximate surface area is 174 Å². The zero-order valence-electron chi connectivity index (χ0n) is 17.1. The monoisotopic (exact) mass is 422 g/mol. The van der Waals surface area contributed by atoms with Crippen LogP contribution in [-0.2, 0) is 11.0 Å². The molecule has 1 saturated heterocycles. The SMILES string of the molecule is CCOc1ccccc1N1CC[NH+]([C@@H](C)C(=O)Nc2ccccc2C(F)(F)F)CC1. The van der Waals surface area contributed by atoms with Crippen LogP contribution in [0.1, 0.15) is 19.4 Å². The molecule has 8 heteroatoms. The second-order valence-electron chi connectivity index (χ2n) is 7.30. The van der Waals surface area contributed by atoms with Crippen molar-refractivity contribution in [3.05, 3.63) is 54.1 Å². The summed E-state index contributed by atoms with van der Waals surface area (Å²) in [4.78, 5) is 15.9. The summed E-state index contributed by atoms with van der Waals surface area (Å²) in [5.41, 5.74) is -0.0157. The molecule has 3 rings (SSSR count). The topological polar surface area (TPSA) is 46.0 Å². The summed E-state index contributed by atoms with van der Waals surface area (Å²) in [6.07, 6.45) is -4.51. The standard InChI is InChI=1S/C22H26F3N3O2/c1-3-30-20-11-7-6-10-19(20)28-14-12-27(13-15-28)16(2)21(29)26-18-9-5-4-8-17(18)22(23,24)25/h4-11,16H,3,12-15H2,1-2H3,(H,26,29)/p+1/t16-/m0/s1. The molecule has 0 spiro atoms. The number of carbonyl (C=O) groups is 1. The van der Waals surface area contributed by atoms with E-state index in [-0.39, 0.29) is 5.69 Å². The van der Waals surface area contributed by atoms with E-state index in [1.165, 1.54) is 18.2 Å². The Balaban J connectivity index is 1.62. The smallest absolute Gasteiger partial charge is 0.418 e. The number of carbonyl (C=O) groups excluding carboxylic acids is 1. The number of halogens is 3. The van der Waals surface area contributed by atoms with Gasteiger partial charge in [0.05, 0.1) is 49.7 Å². The van der Waals surface area contributed by atoms with Gasteiger partial charge in [0.25, 0.3) is 5.91 Å². The van der Waals surface area contributed by atoms with Gasteiger partial charge in [-0.25, -0.2) is 0 Å². The average Bonchev–Trinajstić information content (AvgIpc) is 2.73. The maximum absolute atomic E-state index is 13.2. The molecule has 0 aliphatic carbocycles. The highest BCUT2D eigenvalue weighted by Gasteiger charge is 2.35. The Morgan fingerprint density at radius 3 is 2.43 bits per heavy atom. The third-order valence-electron chi connectivity index (χ3n) is 5.41. The summed E-state index contributed by atoms with van der Waals surface area (Å²) in [6, 6.07) is 12.4. The normalized spacial score (nSPS) is 16.2. The zero-order chi connectivity index (χ0) is 21.7. The Morgan fingerprint density at radius 2 is 1.77 bits per heavy atom. The summed E-state index contributed by atoms with van der Waals surface area (Å²) in [7, 11) is 0. The number of piperazine rings is 1. The van der Waals surface area contributed by atoms with Crippen LogP contribution in [0.5, 0.6) is 5.75 Å². The van der Waals surface area contributed by atoms with E-state index in [9.17, 15) is 18.0 Å². The van der Waals surface area contributed by atoms with Gasteiger partial charge in [0.1, 0.15) is 5.75 Å². The number of amides is 1. The molecule has 1 atom stereocenters. The lowest BCUT2D eigenvalue weighted by atomic mass is 10.1. The molecule has 0 radical (unpaired) electrons. The van der Waals surface area contributed by atoms with E-state index in [0.29, 0.717) is 19.7 Å². The van der Waals surface area contributed by atoms with Gasteiger partial charge in [-0.3, -0.25) is 4.79 Å². The lowest BCUT2D eigenvalue weighted by Crippen LogP contribution is -3.19. The highest BCUT2D eigenvalue weighted by molar-refractivity contribution is 5.94. The third kappa shape index (κ3) is 5.05. The maximum Gasteiger partial charge on any atom is 0.418 e. The van der Waals surface area contributed by atoms with Crippen LogP contribution in [0, 0.1) is 0 Å². The minimum atomic E-state index is -4.51. The molecule has 1 aliphatic heterocycles. The second kappa shape index (κ2) is 9.38. The number of hydrogen-bond donors (Lipinski definition) is 2. The van der Waals surface area contributed by atoms with Crippen LogP contribution in [-0.4, -0.2) is 44.7 Å². The predicted octanol–water partition coefficient (Wildman–Crippen LogP) is 2.84. The van der Waals surface area contributed by atoms with Crippen molar-refractivity contribution in [3.63, 3.8) is 0 Å². The fourth-order valence-electron chi connectivity index (χ4n) is 3.73. The van der Waals surface area contributed by atoms with Gasteiger partial charge in [-0.2, -0.15) is 13.2 Å². The molecule has 0 saturated carbocycles. The van der Waals surface area contributed by atoms with E-state index in [4.69, 9.17) is 4.74 Å². The molecule has 30 heavy (non-hydrogen) atoms. The van der Waals surface area contributed by atoms with Crippen LogP contribution < -0.4 is 19.9 Å². The summed E-state index contributed by atoms with van der Waals surface area (Å²) >= 11 is 0. The van der Waals surface area contributed by atoms with Crippen molar-refractivity contribution < 1.29 is 27.6 Å². The second-order valence-corrected chi connectivity index (χ2v) is 7.30. The first-order valence-electron chi connectivity index (χ1n) is 10.1. The van der Waals surface area contributed by atoms with E-state index >= 15 is 0 Å². The molecule has 0 aromatic heterocycles. The van der Waals surface area contributed by atoms with Crippen molar-refractivity contribution in [2.75, 3.05) is 43.0 Å². The molecule has 1 fully saturated rings. The van der Waals surface area contributed by atoms with E-state index in [1.54, 1.807) is 6.92 Å². The molecule has 5 nitrogen and oxygen atoms in total. The average molecular weight is 422 g/mol. The minimum Gasteiger partial charge on any atom is -0.492 e. The van der Waals surface area contributed by atoms with Gasteiger partial charge in [0.2, 0.25) is 0 Å². The highest BCUT2D eigenvalue weighted by Crippen LogP contribution is 2.34. The Kier molecular flexibility index (Phi) is 6.87. The van der Waals surface area contributed by atoms with E-state index in [0.717, 1.165) is 35.5 Å². The zero-order valence-corrected chi connectivity index (χ0v) is 17.1.